The third-order valence-corrected chi connectivity index (χ3v) is 0.749. The number of carbonyl (C=O) groups excluding carboxylic acids is 1. The van der Waals surface area contributed by atoms with E-state index in [4.69, 9.17) is 0 Å². The van der Waals surface area contributed by atoms with E-state index >= 15 is 0 Å². The van der Waals surface area contributed by atoms with Gasteiger partial charge in [0.15, 0.2) is 0 Å². The molecule has 0 saturated carbocycles. The third-order valence-electron chi connectivity index (χ3n) is 0.749. The van der Waals surface area contributed by atoms with Gasteiger partial charge in [-0.3, -0.25) is 0 Å². The Labute approximate surface area is 46.7 Å². The average molecular weight is 111 g/mol. The normalized spacial score (nSPS) is 22.1. The van der Waals surface area contributed by atoms with Crippen molar-refractivity contribution in [3.8, 4) is 0 Å². The lowest BCUT2D eigenvalue weighted by Crippen LogP contribution is -1.93. The number of cyclic esters (lactones) is 1. The SMILES string of the molecule is C/C=C1\N=CC(=O)O1. The van der Waals surface area contributed by atoms with Crippen molar-refractivity contribution in [2.24, 2.45) is 4.99 Å². The molecule has 8 heavy (non-hydrogen) atoms. The van der Waals surface area contributed by atoms with Crippen LogP contribution < -0.4 is 0 Å². The summed E-state index contributed by atoms with van der Waals surface area (Å²) in [5.41, 5.74) is 0. The van der Waals surface area contributed by atoms with Crippen LogP contribution in [0.1, 0.15) is 6.92 Å². The molecule has 0 saturated heterocycles. The van der Waals surface area contributed by atoms with E-state index in [2.05, 4.69) is 9.73 Å². The standard InChI is InChI=1S/C5H5NO2/c1-2-4-6-3-5(7)8-4/h2-3H,1H3/b4-2+. The Kier molecular flexibility index (Phi) is 1.12. The van der Waals surface area contributed by atoms with Crippen LogP contribution in [0.2, 0.25) is 0 Å². The van der Waals surface area contributed by atoms with Gasteiger partial charge in [-0.2, -0.15) is 0 Å². The van der Waals surface area contributed by atoms with E-state index in [9.17, 15) is 4.79 Å². The molecule has 1 aliphatic heterocycles. The smallest absolute Gasteiger partial charge is 0.356 e. The molecule has 42 valence electrons. The highest BCUT2D eigenvalue weighted by molar-refractivity contribution is 6.25. The molecule has 3 heteroatoms. The summed E-state index contributed by atoms with van der Waals surface area (Å²) in [4.78, 5) is 13.8. The highest BCUT2D eigenvalue weighted by Gasteiger charge is 2.08. The van der Waals surface area contributed by atoms with Gasteiger partial charge in [-0.25, -0.2) is 9.79 Å². The van der Waals surface area contributed by atoms with Crippen molar-refractivity contribution in [1.29, 1.82) is 0 Å². The predicted molar refractivity (Wildman–Crippen MR) is 28.3 cm³/mol. The molecule has 1 heterocycles. The lowest BCUT2D eigenvalue weighted by atomic mass is 10.7. The predicted octanol–water partition coefficient (Wildman–Crippen LogP) is 0.475. The zero-order valence-corrected chi connectivity index (χ0v) is 4.42. The van der Waals surface area contributed by atoms with Crippen LogP contribution in [0.25, 0.3) is 0 Å². The Morgan fingerprint density at radius 2 is 2.62 bits per heavy atom. The van der Waals surface area contributed by atoms with Crippen LogP contribution >= 0.6 is 0 Å². The van der Waals surface area contributed by atoms with Crippen LogP contribution in [-0.4, -0.2) is 12.2 Å². The summed E-state index contributed by atoms with van der Waals surface area (Å²) in [6.45, 7) is 1.76. The first-order valence-corrected chi connectivity index (χ1v) is 2.25. The summed E-state index contributed by atoms with van der Waals surface area (Å²) >= 11 is 0. The number of rotatable bonds is 0. The maximum Gasteiger partial charge on any atom is 0.356 e. The van der Waals surface area contributed by atoms with Gasteiger partial charge in [0.25, 0.3) is 0 Å². The summed E-state index contributed by atoms with van der Waals surface area (Å²) < 4.78 is 4.51. The van der Waals surface area contributed by atoms with Gasteiger partial charge in [-0.15, -0.1) is 0 Å². The summed E-state index contributed by atoms with van der Waals surface area (Å²) in [5, 5.41) is 0. The first-order chi connectivity index (χ1) is 3.83. The van der Waals surface area contributed by atoms with Crippen LogP contribution in [0.5, 0.6) is 0 Å². The zero-order chi connectivity index (χ0) is 5.98. The van der Waals surface area contributed by atoms with Crippen LogP contribution in [0.15, 0.2) is 17.0 Å². The topological polar surface area (TPSA) is 38.7 Å². The van der Waals surface area contributed by atoms with Gasteiger partial charge >= 0.3 is 5.97 Å². The van der Waals surface area contributed by atoms with Crippen LogP contribution in [0, 0.1) is 0 Å². The molecule has 0 unspecified atom stereocenters. The Morgan fingerprint density at radius 1 is 1.88 bits per heavy atom. The molecule has 0 N–H and O–H groups in total. The highest BCUT2D eigenvalue weighted by atomic mass is 16.6. The number of nitrogens with zero attached hydrogens (tertiary/aromatic N) is 1. The van der Waals surface area contributed by atoms with Gasteiger partial charge in [0, 0.05) is 0 Å². The van der Waals surface area contributed by atoms with Crippen molar-refractivity contribution in [3.05, 3.63) is 12.0 Å². The van der Waals surface area contributed by atoms with Gasteiger partial charge in [-0.05, 0) is 13.0 Å². The first kappa shape index (κ1) is 5.03. The summed E-state index contributed by atoms with van der Waals surface area (Å²) in [7, 11) is 0. The van der Waals surface area contributed by atoms with Gasteiger partial charge in [0.2, 0.25) is 5.88 Å². The van der Waals surface area contributed by atoms with Crippen LogP contribution in [-0.2, 0) is 9.53 Å². The third kappa shape index (κ3) is 0.753. The second-order valence-corrected chi connectivity index (χ2v) is 1.31. The molecule has 3 nitrogen and oxygen atoms in total. The molecule has 0 radical (unpaired) electrons. The molecule has 0 atom stereocenters. The quantitative estimate of drug-likeness (QED) is 0.426. The van der Waals surface area contributed by atoms with E-state index in [0.29, 0.717) is 5.88 Å². The fourth-order valence-corrected chi connectivity index (χ4v) is 0.406. The van der Waals surface area contributed by atoms with Crippen LogP contribution in [0.4, 0.5) is 0 Å². The Bertz CT molecular complexity index is 169. The van der Waals surface area contributed by atoms with Crippen molar-refractivity contribution < 1.29 is 9.53 Å². The van der Waals surface area contributed by atoms with Crippen molar-refractivity contribution in [1.82, 2.24) is 0 Å². The molecule has 1 rings (SSSR count). The first-order valence-electron chi connectivity index (χ1n) is 2.25. The Balaban J connectivity index is 2.73. The van der Waals surface area contributed by atoms with E-state index in [0.717, 1.165) is 6.21 Å². The molecule has 0 amide bonds. The second-order valence-electron chi connectivity index (χ2n) is 1.31. The zero-order valence-electron chi connectivity index (χ0n) is 4.42. The lowest BCUT2D eigenvalue weighted by molar-refractivity contribution is -0.129. The molecule has 0 fully saturated rings. The molecular formula is C5H5NO2. The fourth-order valence-electron chi connectivity index (χ4n) is 0.406. The maximum absolute atomic E-state index is 10.2. The summed E-state index contributed by atoms with van der Waals surface area (Å²) in [6, 6.07) is 0. The van der Waals surface area contributed by atoms with E-state index in [1.807, 2.05) is 0 Å². The number of ether oxygens (including phenoxy) is 1. The average Bonchev–Trinajstić information content (AvgIpc) is 2.14. The lowest BCUT2D eigenvalue weighted by Gasteiger charge is -1.86. The number of allylic oxidation sites excluding steroid dienone is 1. The van der Waals surface area contributed by atoms with Crippen molar-refractivity contribution in [3.63, 3.8) is 0 Å². The monoisotopic (exact) mass is 111 g/mol. The van der Waals surface area contributed by atoms with Crippen molar-refractivity contribution in [2.45, 2.75) is 6.92 Å². The highest BCUT2D eigenvalue weighted by Crippen LogP contribution is 2.03. The molecule has 0 spiro atoms. The largest absolute Gasteiger partial charge is 0.404 e. The van der Waals surface area contributed by atoms with Crippen LogP contribution in [0.3, 0.4) is 0 Å². The van der Waals surface area contributed by atoms with Gasteiger partial charge < -0.3 is 4.74 Å². The number of esters is 1. The minimum absolute atomic E-state index is 0.384. The number of hydrogen-bond donors (Lipinski definition) is 0. The van der Waals surface area contributed by atoms with Crippen molar-refractivity contribution >= 4 is 12.2 Å². The number of carbonyl (C=O) groups is 1. The molecule has 0 aromatic heterocycles. The van der Waals surface area contributed by atoms with E-state index < -0.39 is 5.97 Å². The fraction of sp³-hybridized carbons (Fsp3) is 0.200. The van der Waals surface area contributed by atoms with Gasteiger partial charge in [-0.1, -0.05) is 0 Å². The minimum atomic E-state index is -0.391. The minimum Gasteiger partial charge on any atom is -0.404 e. The maximum atomic E-state index is 10.2. The molecule has 0 bridgehead atoms. The van der Waals surface area contributed by atoms with E-state index in [1.54, 1.807) is 13.0 Å². The van der Waals surface area contributed by atoms with E-state index in [-0.39, 0.29) is 0 Å². The second kappa shape index (κ2) is 1.78. The molecule has 0 aliphatic carbocycles. The number of hydrogen-bond acceptors (Lipinski definition) is 3. The number of aliphatic imine (C=N–C) groups is 1. The van der Waals surface area contributed by atoms with Gasteiger partial charge in [0.05, 0.1) is 0 Å². The Hall–Kier alpha value is -1.12. The van der Waals surface area contributed by atoms with Gasteiger partial charge in [0.1, 0.15) is 6.21 Å². The van der Waals surface area contributed by atoms with Crippen molar-refractivity contribution in [2.75, 3.05) is 0 Å². The summed E-state index contributed by atoms with van der Waals surface area (Å²) in [6.07, 6.45) is 2.77. The summed E-state index contributed by atoms with van der Waals surface area (Å²) in [5.74, 6) is -0.00639. The molecule has 0 aromatic rings. The molecular weight excluding hydrogens is 106 g/mol. The molecule has 1 aliphatic rings. The molecule has 0 aromatic carbocycles. The Morgan fingerprint density at radius 3 is 2.88 bits per heavy atom. The van der Waals surface area contributed by atoms with E-state index in [1.165, 1.54) is 0 Å².